The summed E-state index contributed by atoms with van der Waals surface area (Å²) in [6.45, 7) is 2.56. The van der Waals surface area contributed by atoms with Gasteiger partial charge < -0.3 is 4.74 Å². The zero-order valence-corrected chi connectivity index (χ0v) is 10.4. The Bertz CT molecular complexity index is 485. The molecular formula is C14H14ClNO. The van der Waals surface area contributed by atoms with Crippen LogP contribution in [0.1, 0.15) is 16.7 Å². The van der Waals surface area contributed by atoms with Crippen molar-refractivity contribution in [3.8, 4) is 5.75 Å². The van der Waals surface area contributed by atoms with Crippen LogP contribution in [0.5, 0.6) is 5.75 Å². The minimum Gasteiger partial charge on any atom is -0.488 e. The molecule has 2 rings (SSSR count). The Balaban J connectivity index is 2.14. The Hall–Kier alpha value is -1.54. The molecule has 1 aromatic carbocycles. The molecule has 2 nitrogen and oxygen atoms in total. The number of rotatable bonds is 4. The van der Waals surface area contributed by atoms with Crippen molar-refractivity contribution in [2.45, 2.75) is 19.4 Å². The van der Waals surface area contributed by atoms with Gasteiger partial charge in [-0.3, -0.25) is 4.98 Å². The topological polar surface area (TPSA) is 22.1 Å². The number of ether oxygens (including phenoxy) is 1. The third-order valence-electron chi connectivity index (χ3n) is 2.57. The first-order valence-corrected chi connectivity index (χ1v) is 6.01. The molecule has 0 saturated heterocycles. The first-order valence-electron chi connectivity index (χ1n) is 5.47. The van der Waals surface area contributed by atoms with E-state index in [0.717, 1.165) is 22.4 Å². The van der Waals surface area contributed by atoms with Gasteiger partial charge in [-0.05, 0) is 30.2 Å². The van der Waals surface area contributed by atoms with E-state index in [4.69, 9.17) is 16.3 Å². The largest absolute Gasteiger partial charge is 0.488 e. The van der Waals surface area contributed by atoms with Crippen molar-refractivity contribution in [3.05, 3.63) is 59.4 Å². The van der Waals surface area contributed by atoms with E-state index < -0.39 is 0 Å². The number of pyridine rings is 1. The second-order valence-electron chi connectivity index (χ2n) is 3.84. The average molecular weight is 248 g/mol. The van der Waals surface area contributed by atoms with Crippen LogP contribution in [0.2, 0.25) is 0 Å². The van der Waals surface area contributed by atoms with Crippen molar-refractivity contribution >= 4 is 11.6 Å². The second-order valence-corrected chi connectivity index (χ2v) is 4.11. The van der Waals surface area contributed by atoms with E-state index in [1.807, 2.05) is 37.3 Å². The molecule has 0 spiro atoms. The molecule has 17 heavy (non-hydrogen) atoms. The summed E-state index contributed by atoms with van der Waals surface area (Å²) in [7, 11) is 0. The molecule has 88 valence electrons. The molecule has 0 aliphatic rings. The van der Waals surface area contributed by atoms with Gasteiger partial charge in [0.2, 0.25) is 0 Å². The Kier molecular flexibility index (Phi) is 3.99. The van der Waals surface area contributed by atoms with Crippen molar-refractivity contribution < 1.29 is 4.74 Å². The second kappa shape index (κ2) is 5.69. The third-order valence-corrected chi connectivity index (χ3v) is 2.86. The van der Waals surface area contributed by atoms with Gasteiger partial charge in [-0.1, -0.05) is 18.2 Å². The number of hydrogen-bond acceptors (Lipinski definition) is 2. The van der Waals surface area contributed by atoms with E-state index in [-0.39, 0.29) is 0 Å². The Morgan fingerprint density at radius 3 is 2.65 bits per heavy atom. The molecule has 0 aliphatic heterocycles. The van der Waals surface area contributed by atoms with Gasteiger partial charge in [0, 0.05) is 18.0 Å². The quantitative estimate of drug-likeness (QED) is 0.769. The monoisotopic (exact) mass is 247 g/mol. The number of aromatic nitrogens is 1. The molecule has 0 radical (unpaired) electrons. The van der Waals surface area contributed by atoms with Crippen molar-refractivity contribution in [2.24, 2.45) is 0 Å². The lowest BCUT2D eigenvalue weighted by atomic mass is 10.1. The van der Waals surface area contributed by atoms with Crippen LogP contribution in [0.3, 0.4) is 0 Å². The molecule has 0 saturated carbocycles. The van der Waals surface area contributed by atoms with Crippen LogP contribution < -0.4 is 4.74 Å². The first-order chi connectivity index (χ1) is 8.31. The summed E-state index contributed by atoms with van der Waals surface area (Å²) in [4.78, 5) is 3.97. The van der Waals surface area contributed by atoms with E-state index in [1.54, 1.807) is 12.4 Å². The normalized spacial score (nSPS) is 10.2. The molecule has 2 aromatic rings. The Morgan fingerprint density at radius 2 is 1.94 bits per heavy atom. The zero-order valence-electron chi connectivity index (χ0n) is 9.69. The lowest BCUT2D eigenvalue weighted by Crippen LogP contribution is -1.99. The molecule has 0 bridgehead atoms. The fraction of sp³-hybridized carbons (Fsp3) is 0.214. The summed E-state index contributed by atoms with van der Waals surface area (Å²) in [5, 5.41) is 0. The molecule has 0 aliphatic carbocycles. The van der Waals surface area contributed by atoms with Gasteiger partial charge in [-0.2, -0.15) is 0 Å². The van der Waals surface area contributed by atoms with Crippen molar-refractivity contribution in [3.63, 3.8) is 0 Å². The fourth-order valence-corrected chi connectivity index (χ4v) is 1.87. The smallest absolute Gasteiger partial charge is 0.127 e. The van der Waals surface area contributed by atoms with Gasteiger partial charge in [0.1, 0.15) is 12.4 Å². The van der Waals surface area contributed by atoms with Crippen LogP contribution in [0.15, 0.2) is 42.7 Å². The van der Waals surface area contributed by atoms with Gasteiger partial charge in [-0.25, -0.2) is 0 Å². The maximum atomic E-state index is 5.90. The molecule has 0 atom stereocenters. The zero-order chi connectivity index (χ0) is 12.1. The summed E-state index contributed by atoms with van der Waals surface area (Å²) in [6, 6.07) is 9.89. The standard InChI is InChI=1S/C14H14ClNO/c1-11-3-2-4-13(9-15)14(11)17-10-12-5-7-16-8-6-12/h2-8H,9-10H2,1H3. The van der Waals surface area contributed by atoms with E-state index in [1.165, 1.54) is 0 Å². The SMILES string of the molecule is Cc1cccc(CCl)c1OCc1ccncc1. The summed E-state index contributed by atoms with van der Waals surface area (Å²) >= 11 is 5.90. The van der Waals surface area contributed by atoms with Crippen LogP contribution in [0.25, 0.3) is 0 Å². The summed E-state index contributed by atoms with van der Waals surface area (Å²) in [5.41, 5.74) is 3.24. The van der Waals surface area contributed by atoms with E-state index >= 15 is 0 Å². The molecule has 0 amide bonds. The van der Waals surface area contributed by atoms with Gasteiger partial charge in [-0.15, -0.1) is 11.6 Å². The van der Waals surface area contributed by atoms with Gasteiger partial charge in [0.15, 0.2) is 0 Å². The molecule has 0 unspecified atom stereocenters. The van der Waals surface area contributed by atoms with Crippen LogP contribution in [-0.2, 0) is 12.5 Å². The molecule has 0 N–H and O–H groups in total. The maximum Gasteiger partial charge on any atom is 0.127 e. The van der Waals surface area contributed by atoms with Crippen molar-refractivity contribution in [1.29, 1.82) is 0 Å². The number of alkyl halides is 1. The van der Waals surface area contributed by atoms with E-state index in [0.29, 0.717) is 12.5 Å². The van der Waals surface area contributed by atoms with Crippen LogP contribution >= 0.6 is 11.6 Å². The number of hydrogen-bond donors (Lipinski definition) is 0. The molecule has 1 aromatic heterocycles. The van der Waals surface area contributed by atoms with Crippen molar-refractivity contribution in [2.75, 3.05) is 0 Å². The Labute approximate surface area is 106 Å². The summed E-state index contributed by atoms with van der Waals surface area (Å²) in [6.07, 6.45) is 3.53. The molecular weight excluding hydrogens is 234 g/mol. The minimum absolute atomic E-state index is 0.466. The molecule has 1 heterocycles. The van der Waals surface area contributed by atoms with Crippen LogP contribution in [0.4, 0.5) is 0 Å². The minimum atomic E-state index is 0.466. The molecule has 3 heteroatoms. The number of halogens is 1. The van der Waals surface area contributed by atoms with E-state index in [2.05, 4.69) is 4.98 Å². The predicted molar refractivity (Wildman–Crippen MR) is 69.3 cm³/mol. The molecule has 0 fully saturated rings. The lowest BCUT2D eigenvalue weighted by Gasteiger charge is -2.12. The van der Waals surface area contributed by atoms with Gasteiger partial charge in [0.25, 0.3) is 0 Å². The number of benzene rings is 1. The highest BCUT2D eigenvalue weighted by Crippen LogP contribution is 2.25. The van der Waals surface area contributed by atoms with Crippen molar-refractivity contribution in [1.82, 2.24) is 4.98 Å². The predicted octanol–water partition coefficient (Wildman–Crippen LogP) is 3.71. The lowest BCUT2D eigenvalue weighted by molar-refractivity contribution is 0.301. The highest BCUT2D eigenvalue weighted by atomic mass is 35.5. The summed E-state index contributed by atoms with van der Waals surface area (Å²) < 4.78 is 5.83. The highest BCUT2D eigenvalue weighted by molar-refractivity contribution is 6.17. The van der Waals surface area contributed by atoms with Crippen LogP contribution in [-0.4, -0.2) is 4.98 Å². The number of nitrogens with zero attached hydrogens (tertiary/aromatic N) is 1. The number of para-hydroxylation sites is 1. The first kappa shape index (κ1) is 11.9. The average Bonchev–Trinajstić information content (AvgIpc) is 2.38. The number of aryl methyl sites for hydroxylation is 1. The third kappa shape index (κ3) is 2.98. The fourth-order valence-electron chi connectivity index (χ4n) is 1.66. The Morgan fingerprint density at radius 1 is 1.18 bits per heavy atom. The van der Waals surface area contributed by atoms with Gasteiger partial charge >= 0.3 is 0 Å². The highest BCUT2D eigenvalue weighted by Gasteiger charge is 2.06. The van der Waals surface area contributed by atoms with E-state index in [9.17, 15) is 0 Å². The summed E-state index contributed by atoms with van der Waals surface area (Å²) in [5.74, 6) is 1.35. The maximum absolute atomic E-state index is 5.90. The van der Waals surface area contributed by atoms with Crippen LogP contribution in [0, 0.1) is 6.92 Å². The van der Waals surface area contributed by atoms with Gasteiger partial charge in [0.05, 0.1) is 5.88 Å².